The molecule has 0 saturated carbocycles. The van der Waals surface area contributed by atoms with E-state index in [2.05, 4.69) is 27.7 Å². The highest BCUT2D eigenvalue weighted by atomic mass is 31.2. The van der Waals surface area contributed by atoms with Crippen molar-refractivity contribution in [2.24, 2.45) is 0 Å². The number of hydrogen-bond acceptors (Lipinski definition) is 15. The minimum absolute atomic E-state index is 0.104. The second kappa shape index (κ2) is 66.7. The molecule has 0 aliphatic heterocycles. The van der Waals surface area contributed by atoms with Crippen LogP contribution in [0.5, 0.6) is 0 Å². The van der Waals surface area contributed by atoms with Crippen LogP contribution in [-0.2, 0) is 65.4 Å². The highest BCUT2D eigenvalue weighted by Gasteiger charge is 2.30. The van der Waals surface area contributed by atoms with E-state index in [4.69, 9.17) is 37.0 Å². The lowest BCUT2D eigenvalue weighted by molar-refractivity contribution is -0.161. The summed E-state index contributed by atoms with van der Waals surface area (Å²) in [5, 5.41) is 10.6. The zero-order valence-electron chi connectivity index (χ0n) is 58.8. The van der Waals surface area contributed by atoms with Crippen molar-refractivity contribution in [1.82, 2.24) is 0 Å². The van der Waals surface area contributed by atoms with Crippen LogP contribution in [0.15, 0.2) is 0 Å². The van der Waals surface area contributed by atoms with Gasteiger partial charge in [0, 0.05) is 25.7 Å². The summed E-state index contributed by atoms with van der Waals surface area (Å²) in [7, 11) is -9.89. The average molecular weight is 1340 g/mol. The number of aliphatic hydroxyl groups is 1. The number of hydrogen-bond donors (Lipinski definition) is 3. The molecule has 0 aromatic rings. The van der Waals surface area contributed by atoms with Gasteiger partial charge >= 0.3 is 39.5 Å². The molecule has 540 valence electrons. The smallest absolute Gasteiger partial charge is 0.462 e. The number of aliphatic hydroxyl groups excluding tert-OH is 1. The first-order valence-corrected chi connectivity index (χ1v) is 40.8. The number of rotatable bonds is 73. The van der Waals surface area contributed by atoms with Crippen LogP contribution in [0.4, 0.5) is 0 Å². The molecule has 19 heteroatoms. The Morgan fingerprint density at radius 3 is 0.648 bits per heavy atom. The molecular formula is C72H140O17P2. The third-order valence-electron chi connectivity index (χ3n) is 16.9. The molecule has 0 bridgehead atoms. The normalized spacial score (nSPS) is 14.0. The average Bonchev–Trinajstić information content (AvgIpc) is 3.73. The quantitative estimate of drug-likeness (QED) is 0.0222. The molecule has 5 atom stereocenters. The maximum atomic E-state index is 13.1. The molecule has 0 radical (unpaired) electrons. The minimum atomic E-state index is -4.95. The Bertz CT molecular complexity index is 1740. The van der Waals surface area contributed by atoms with Gasteiger partial charge in [-0.2, -0.15) is 0 Å². The van der Waals surface area contributed by atoms with Crippen LogP contribution in [0, 0.1) is 0 Å². The number of carbonyl (C=O) groups is 4. The van der Waals surface area contributed by atoms with E-state index >= 15 is 0 Å². The fraction of sp³-hybridized carbons (Fsp3) is 0.944. The van der Waals surface area contributed by atoms with E-state index in [-0.39, 0.29) is 25.7 Å². The van der Waals surface area contributed by atoms with E-state index in [0.29, 0.717) is 25.7 Å². The fourth-order valence-electron chi connectivity index (χ4n) is 11.0. The predicted octanol–water partition coefficient (Wildman–Crippen LogP) is 21.1. The Kier molecular flexibility index (Phi) is 65.2. The number of carbonyl (C=O) groups excluding carboxylic acids is 4. The molecule has 0 aromatic heterocycles. The van der Waals surface area contributed by atoms with E-state index in [1.54, 1.807) is 0 Å². The SMILES string of the molecule is CCCCCCCCCCCCCCCCCCCCCC(=O)O[C@H](COC(=O)CCCCCCCCCCCCCCCCCCCC)COP(=O)(O)OC[C@@H](O)COP(=O)(O)OC[C@@H](COC(=O)CCCCCCCCC)OC(=O)CCCCCCCCC. The van der Waals surface area contributed by atoms with E-state index < -0.39 is 97.5 Å². The van der Waals surface area contributed by atoms with E-state index in [1.807, 2.05) is 0 Å². The summed E-state index contributed by atoms with van der Waals surface area (Å²) in [4.78, 5) is 72.3. The third-order valence-corrected chi connectivity index (χ3v) is 18.8. The van der Waals surface area contributed by atoms with Crippen LogP contribution < -0.4 is 0 Å². The van der Waals surface area contributed by atoms with Crippen molar-refractivity contribution in [3.05, 3.63) is 0 Å². The Balaban J connectivity index is 5.12. The summed E-state index contributed by atoms with van der Waals surface area (Å²) in [6.45, 7) is 4.87. The second-order valence-electron chi connectivity index (χ2n) is 26.0. The molecule has 0 saturated heterocycles. The summed E-state index contributed by atoms with van der Waals surface area (Å²) in [6, 6.07) is 0. The molecule has 2 unspecified atom stereocenters. The van der Waals surface area contributed by atoms with Crippen molar-refractivity contribution >= 4 is 39.5 Å². The fourth-order valence-corrected chi connectivity index (χ4v) is 12.6. The summed E-state index contributed by atoms with van der Waals surface area (Å²) in [5.41, 5.74) is 0. The topological polar surface area (TPSA) is 237 Å². The standard InChI is InChI=1S/C72H140O17P2/c1-5-9-13-17-21-23-25-27-29-31-33-35-37-39-41-43-47-51-55-59-72(77)89-68(63-83-70(75)57-53-49-46-42-40-38-36-34-32-30-28-26-24-22-18-14-10-6-2)65-87-91(80,81)85-61-66(73)60-84-90(78,79)86-64-67(88-71(76)58-54-50-45-20-16-12-8-4)62-82-69(74)56-52-48-44-19-15-11-7-3/h66-68,73H,5-65H2,1-4H3,(H,78,79)(H,80,81)/t66-,67+,68+/m0/s1. The first-order valence-electron chi connectivity index (χ1n) is 37.8. The van der Waals surface area contributed by atoms with Gasteiger partial charge in [-0.1, -0.05) is 329 Å². The molecular weight excluding hydrogens is 1200 g/mol. The van der Waals surface area contributed by atoms with Gasteiger partial charge in [0.1, 0.15) is 19.3 Å². The van der Waals surface area contributed by atoms with Gasteiger partial charge in [0.15, 0.2) is 12.2 Å². The summed E-state index contributed by atoms with van der Waals surface area (Å²) in [5.74, 6) is -2.13. The van der Waals surface area contributed by atoms with Crippen LogP contribution >= 0.6 is 15.6 Å². The van der Waals surface area contributed by atoms with Gasteiger partial charge in [0.05, 0.1) is 26.4 Å². The summed E-state index contributed by atoms with van der Waals surface area (Å²) >= 11 is 0. The van der Waals surface area contributed by atoms with Gasteiger partial charge in [-0.05, 0) is 25.7 Å². The third kappa shape index (κ3) is 66.5. The van der Waals surface area contributed by atoms with Gasteiger partial charge in [0.2, 0.25) is 0 Å². The van der Waals surface area contributed by atoms with Crippen molar-refractivity contribution in [3.63, 3.8) is 0 Å². The van der Waals surface area contributed by atoms with Gasteiger partial charge in [-0.15, -0.1) is 0 Å². The first kappa shape index (κ1) is 89.1. The lowest BCUT2D eigenvalue weighted by Gasteiger charge is -2.21. The Morgan fingerprint density at radius 1 is 0.264 bits per heavy atom. The van der Waals surface area contributed by atoms with Crippen LogP contribution in [-0.4, -0.2) is 96.7 Å². The summed E-state index contributed by atoms with van der Waals surface area (Å²) in [6.07, 6.45) is 56.0. The number of phosphoric ester groups is 2. The van der Waals surface area contributed by atoms with Crippen LogP contribution in [0.1, 0.15) is 381 Å². The molecule has 0 spiro atoms. The zero-order chi connectivity index (χ0) is 66.8. The van der Waals surface area contributed by atoms with Crippen molar-refractivity contribution in [2.75, 3.05) is 39.6 Å². The number of ether oxygens (including phenoxy) is 4. The molecule has 0 heterocycles. The van der Waals surface area contributed by atoms with Crippen LogP contribution in [0.3, 0.4) is 0 Å². The molecule has 3 N–H and O–H groups in total. The van der Waals surface area contributed by atoms with Crippen molar-refractivity contribution < 1.29 is 80.2 Å². The van der Waals surface area contributed by atoms with Gasteiger partial charge in [-0.25, -0.2) is 9.13 Å². The predicted molar refractivity (Wildman–Crippen MR) is 368 cm³/mol. The molecule has 91 heavy (non-hydrogen) atoms. The van der Waals surface area contributed by atoms with Crippen molar-refractivity contribution in [3.8, 4) is 0 Å². The van der Waals surface area contributed by atoms with E-state index in [1.165, 1.54) is 186 Å². The molecule has 0 rings (SSSR count). The Labute approximate surface area is 556 Å². The molecule has 0 fully saturated rings. The lowest BCUT2D eigenvalue weighted by atomic mass is 10.0. The minimum Gasteiger partial charge on any atom is -0.462 e. The van der Waals surface area contributed by atoms with Crippen molar-refractivity contribution in [1.29, 1.82) is 0 Å². The van der Waals surface area contributed by atoms with E-state index in [9.17, 15) is 43.2 Å². The van der Waals surface area contributed by atoms with Gasteiger partial charge in [-0.3, -0.25) is 37.3 Å². The zero-order valence-corrected chi connectivity index (χ0v) is 60.6. The largest absolute Gasteiger partial charge is 0.472 e. The molecule has 0 aliphatic carbocycles. The maximum Gasteiger partial charge on any atom is 0.472 e. The molecule has 0 aromatic carbocycles. The highest BCUT2D eigenvalue weighted by Crippen LogP contribution is 2.45. The Morgan fingerprint density at radius 2 is 0.440 bits per heavy atom. The summed E-state index contributed by atoms with van der Waals surface area (Å²) < 4.78 is 68.1. The van der Waals surface area contributed by atoms with Crippen molar-refractivity contribution in [2.45, 2.75) is 399 Å². The number of esters is 4. The monoisotopic (exact) mass is 1340 g/mol. The molecule has 0 amide bonds. The van der Waals surface area contributed by atoms with Gasteiger partial charge in [0.25, 0.3) is 0 Å². The van der Waals surface area contributed by atoms with Crippen LogP contribution in [0.25, 0.3) is 0 Å². The molecule has 17 nitrogen and oxygen atoms in total. The first-order chi connectivity index (χ1) is 44.2. The van der Waals surface area contributed by atoms with E-state index in [0.717, 1.165) is 116 Å². The van der Waals surface area contributed by atoms with Gasteiger partial charge < -0.3 is 33.8 Å². The Hall–Kier alpha value is -1.94. The number of phosphoric acid groups is 2. The molecule has 0 aliphatic rings. The lowest BCUT2D eigenvalue weighted by Crippen LogP contribution is -2.30. The second-order valence-corrected chi connectivity index (χ2v) is 28.9. The highest BCUT2D eigenvalue weighted by molar-refractivity contribution is 7.47. The van der Waals surface area contributed by atoms with Crippen LogP contribution in [0.2, 0.25) is 0 Å². The number of unbranched alkanes of at least 4 members (excludes halogenated alkanes) is 47. The maximum absolute atomic E-state index is 13.1.